The molecule has 0 fully saturated rings. The van der Waals surface area contributed by atoms with Gasteiger partial charge >= 0.3 is 12.1 Å². The van der Waals surface area contributed by atoms with Gasteiger partial charge < -0.3 is 20.5 Å². The van der Waals surface area contributed by atoms with Crippen LogP contribution in [0.5, 0.6) is 0 Å². The van der Waals surface area contributed by atoms with E-state index in [9.17, 15) is 14.4 Å². The van der Waals surface area contributed by atoms with Gasteiger partial charge in [0.2, 0.25) is 5.91 Å². The molecular formula is C16H22N2O5. The minimum absolute atomic E-state index is 0.205. The number of amides is 2. The van der Waals surface area contributed by atoms with Gasteiger partial charge in [0.15, 0.2) is 0 Å². The second-order valence-electron chi connectivity index (χ2n) is 5.08. The highest BCUT2D eigenvalue weighted by Crippen LogP contribution is 2.02. The second-order valence-corrected chi connectivity index (χ2v) is 5.08. The molecule has 1 unspecified atom stereocenters. The number of nitrogens with one attached hydrogen (secondary N) is 2. The Labute approximate surface area is 135 Å². The molecule has 0 spiro atoms. The number of carbonyl (C=O) groups is 3. The van der Waals surface area contributed by atoms with Crippen LogP contribution in [0.15, 0.2) is 30.3 Å². The molecule has 0 saturated heterocycles. The zero-order valence-electron chi connectivity index (χ0n) is 13.1. The molecule has 7 nitrogen and oxygen atoms in total. The minimum atomic E-state index is -1.06. The molecule has 0 radical (unpaired) electrons. The van der Waals surface area contributed by atoms with E-state index >= 15 is 0 Å². The van der Waals surface area contributed by atoms with Crippen LogP contribution in [0.2, 0.25) is 0 Å². The summed E-state index contributed by atoms with van der Waals surface area (Å²) in [5.41, 5.74) is 0.905. The first-order valence-electron chi connectivity index (χ1n) is 7.43. The van der Waals surface area contributed by atoms with Crippen LogP contribution in [0, 0.1) is 0 Å². The van der Waals surface area contributed by atoms with Crippen molar-refractivity contribution in [1.82, 2.24) is 10.6 Å². The van der Waals surface area contributed by atoms with Crippen molar-refractivity contribution in [3.05, 3.63) is 35.9 Å². The SMILES string of the molecule is CC(=O)NC(CCCCNC(=O)OCc1ccccc1)C(=O)O. The first-order chi connectivity index (χ1) is 11.0. The molecule has 1 aromatic carbocycles. The third-order valence-corrected chi connectivity index (χ3v) is 3.08. The van der Waals surface area contributed by atoms with Crippen molar-refractivity contribution in [3.63, 3.8) is 0 Å². The van der Waals surface area contributed by atoms with Crippen LogP contribution in [0.3, 0.4) is 0 Å². The van der Waals surface area contributed by atoms with Gasteiger partial charge in [0.25, 0.3) is 0 Å². The molecule has 7 heteroatoms. The van der Waals surface area contributed by atoms with Crippen molar-refractivity contribution >= 4 is 18.0 Å². The van der Waals surface area contributed by atoms with E-state index in [0.717, 1.165) is 5.56 Å². The molecule has 0 bridgehead atoms. The molecule has 0 saturated carbocycles. The number of carboxylic acids is 1. The Bertz CT molecular complexity index is 518. The van der Waals surface area contributed by atoms with Crippen molar-refractivity contribution in [2.75, 3.05) is 6.54 Å². The zero-order valence-corrected chi connectivity index (χ0v) is 13.1. The molecule has 1 atom stereocenters. The summed E-state index contributed by atoms with van der Waals surface area (Å²) in [6.07, 6.45) is 0.973. The number of hydrogen-bond acceptors (Lipinski definition) is 4. The first-order valence-corrected chi connectivity index (χ1v) is 7.43. The molecule has 0 aliphatic carbocycles. The normalized spacial score (nSPS) is 11.3. The summed E-state index contributed by atoms with van der Waals surface area (Å²) in [6, 6.07) is 8.45. The zero-order chi connectivity index (χ0) is 17.1. The lowest BCUT2D eigenvalue weighted by Crippen LogP contribution is -2.39. The fourth-order valence-corrected chi connectivity index (χ4v) is 1.94. The molecule has 2 amide bonds. The average molecular weight is 322 g/mol. The van der Waals surface area contributed by atoms with Gasteiger partial charge in [-0.25, -0.2) is 9.59 Å². The van der Waals surface area contributed by atoms with Crippen molar-refractivity contribution in [3.8, 4) is 0 Å². The number of carboxylic acid groups (broad SMARTS) is 1. The summed E-state index contributed by atoms with van der Waals surface area (Å²) in [4.78, 5) is 33.3. The van der Waals surface area contributed by atoms with Crippen LogP contribution in [-0.4, -0.2) is 35.7 Å². The predicted molar refractivity (Wildman–Crippen MR) is 83.7 cm³/mol. The standard InChI is InChI=1S/C16H22N2O5/c1-12(19)18-14(15(20)21)9-5-6-10-17-16(22)23-11-13-7-3-2-4-8-13/h2-4,7-8,14H,5-6,9-11H2,1H3,(H,17,22)(H,18,19)(H,20,21). The van der Waals surface area contributed by atoms with E-state index in [2.05, 4.69) is 10.6 Å². The van der Waals surface area contributed by atoms with Crippen molar-refractivity contribution in [2.24, 2.45) is 0 Å². The smallest absolute Gasteiger partial charge is 0.407 e. The highest BCUT2D eigenvalue weighted by atomic mass is 16.5. The van der Waals surface area contributed by atoms with Gasteiger partial charge in [-0.3, -0.25) is 4.79 Å². The maximum atomic E-state index is 11.5. The monoisotopic (exact) mass is 322 g/mol. The molecule has 0 aliphatic heterocycles. The van der Waals surface area contributed by atoms with Gasteiger partial charge in [0.1, 0.15) is 12.6 Å². The maximum Gasteiger partial charge on any atom is 0.407 e. The van der Waals surface area contributed by atoms with E-state index < -0.39 is 18.1 Å². The molecule has 3 N–H and O–H groups in total. The molecule has 1 rings (SSSR count). The molecule has 126 valence electrons. The molecule has 0 aromatic heterocycles. The van der Waals surface area contributed by atoms with E-state index in [4.69, 9.17) is 9.84 Å². The number of ether oxygens (including phenoxy) is 1. The minimum Gasteiger partial charge on any atom is -0.480 e. The fraction of sp³-hybridized carbons (Fsp3) is 0.438. The quantitative estimate of drug-likeness (QED) is 0.600. The summed E-state index contributed by atoms with van der Waals surface area (Å²) < 4.78 is 5.05. The Morgan fingerprint density at radius 1 is 1.17 bits per heavy atom. The van der Waals surface area contributed by atoms with Gasteiger partial charge in [-0.05, 0) is 24.8 Å². The van der Waals surface area contributed by atoms with Crippen LogP contribution in [0.1, 0.15) is 31.7 Å². The number of benzene rings is 1. The maximum absolute atomic E-state index is 11.5. The second kappa shape index (κ2) is 10.2. The highest BCUT2D eigenvalue weighted by Gasteiger charge is 2.17. The Morgan fingerprint density at radius 2 is 1.87 bits per heavy atom. The van der Waals surface area contributed by atoms with Crippen LogP contribution in [0.4, 0.5) is 4.79 Å². The van der Waals surface area contributed by atoms with Gasteiger partial charge in [-0.15, -0.1) is 0 Å². The summed E-state index contributed by atoms with van der Waals surface area (Å²) >= 11 is 0. The van der Waals surface area contributed by atoms with E-state index in [-0.39, 0.29) is 12.5 Å². The van der Waals surface area contributed by atoms with Crippen LogP contribution >= 0.6 is 0 Å². The predicted octanol–water partition coefficient (Wildman–Crippen LogP) is 1.67. The lowest BCUT2D eigenvalue weighted by Gasteiger charge is -2.13. The number of rotatable bonds is 9. The number of unbranched alkanes of at least 4 members (excludes halogenated alkanes) is 1. The number of carbonyl (C=O) groups excluding carboxylic acids is 2. The molecular weight excluding hydrogens is 300 g/mol. The van der Waals surface area contributed by atoms with E-state index in [1.54, 1.807) is 0 Å². The number of hydrogen-bond donors (Lipinski definition) is 3. The Balaban J connectivity index is 2.12. The summed E-state index contributed by atoms with van der Waals surface area (Å²) in [5, 5.41) is 13.9. The topological polar surface area (TPSA) is 105 Å². The van der Waals surface area contributed by atoms with E-state index in [1.807, 2.05) is 30.3 Å². The van der Waals surface area contributed by atoms with Crippen LogP contribution < -0.4 is 10.6 Å². The summed E-state index contributed by atoms with van der Waals surface area (Å²) in [6.45, 7) is 1.87. The first kappa shape index (κ1) is 18.5. The summed E-state index contributed by atoms with van der Waals surface area (Å²) in [5.74, 6) is -1.43. The Hall–Kier alpha value is -2.57. The van der Waals surface area contributed by atoms with Gasteiger partial charge in [0, 0.05) is 13.5 Å². The van der Waals surface area contributed by atoms with Crippen molar-refractivity contribution in [2.45, 2.75) is 38.8 Å². The molecule has 1 aromatic rings. The molecule has 0 aliphatic rings. The largest absolute Gasteiger partial charge is 0.480 e. The van der Waals surface area contributed by atoms with E-state index in [1.165, 1.54) is 6.92 Å². The Kier molecular flexibility index (Phi) is 8.20. The lowest BCUT2D eigenvalue weighted by atomic mass is 10.1. The van der Waals surface area contributed by atoms with Crippen molar-refractivity contribution < 1.29 is 24.2 Å². The van der Waals surface area contributed by atoms with E-state index in [0.29, 0.717) is 25.8 Å². The van der Waals surface area contributed by atoms with Crippen LogP contribution in [-0.2, 0) is 20.9 Å². The number of aliphatic carboxylic acids is 1. The molecule has 23 heavy (non-hydrogen) atoms. The Morgan fingerprint density at radius 3 is 2.48 bits per heavy atom. The van der Waals surface area contributed by atoms with Crippen LogP contribution in [0.25, 0.3) is 0 Å². The molecule has 0 heterocycles. The average Bonchev–Trinajstić information content (AvgIpc) is 2.52. The highest BCUT2D eigenvalue weighted by molar-refractivity contribution is 5.81. The van der Waals surface area contributed by atoms with Gasteiger partial charge in [0.05, 0.1) is 0 Å². The number of alkyl carbamates (subject to hydrolysis) is 1. The van der Waals surface area contributed by atoms with Gasteiger partial charge in [-0.2, -0.15) is 0 Å². The lowest BCUT2D eigenvalue weighted by molar-refractivity contribution is -0.141. The third kappa shape index (κ3) is 8.45. The van der Waals surface area contributed by atoms with Gasteiger partial charge in [-0.1, -0.05) is 30.3 Å². The third-order valence-electron chi connectivity index (χ3n) is 3.08. The summed E-state index contributed by atoms with van der Waals surface area (Å²) in [7, 11) is 0. The fourth-order valence-electron chi connectivity index (χ4n) is 1.94. The van der Waals surface area contributed by atoms with Crippen molar-refractivity contribution in [1.29, 1.82) is 0 Å².